The molecule has 3 N–H and O–H groups in total. The highest BCUT2D eigenvalue weighted by atomic mass is 16.5. The van der Waals surface area contributed by atoms with E-state index in [1.807, 2.05) is 36.4 Å². The van der Waals surface area contributed by atoms with E-state index >= 15 is 0 Å². The molecule has 0 aliphatic heterocycles. The molecule has 9 nitrogen and oxygen atoms in total. The Morgan fingerprint density at radius 3 is 2.30 bits per heavy atom. The zero-order chi connectivity index (χ0) is 23.5. The lowest BCUT2D eigenvalue weighted by Gasteiger charge is -2.15. The van der Waals surface area contributed by atoms with E-state index in [-0.39, 0.29) is 30.3 Å². The number of amides is 2. The lowest BCUT2D eigenvalue weighted by atomic mass is 9.98. The molecule has 0 bridgehead atoms. The molecule has 4 rings (SSSR count). The van der Waals surface area contributed by atoms with E-state index in [9.17, 15) is 14.4 Å². The van der Waals surface area contributed by atoms with Gasteiger partial charge in [0.05, 0.1) is 12.6 Å². The van der Waals surface area contributed by atoms with Gasteiger partial charge in [0.2, 0.25) is 0 Å². The van der Waals surface area contributed by atoms with Crippen molar-refractivity contribution in [2.75, 3.05) is 11.9 Å². The number of carbonyl (C=O) groups excluding carboxylic acids is 2. The van der Waals surface area contributed by atoms with Crippen molar-refractivity contribution < 1.29 is 24.2 Å². The molecule has 1 unspecified atom stereocenters. The first-order valence-electron chi connectivity index (χ1n) is 10.5. The Hall–Kier alpha value is -4.14. The second kappa shape index (κ2) is 9.15. The Bertz CT molecular complexity index is 1170. The maximum absolute atomic E-state index is 12.6. The zero-order valence-electron chi connectivity index (χ0n) is 18.2. The van der Waals surface area contributed by atoms with Crippen LogP contribution in [0.5, 0.6) is 0 Å². The maximum atomic E-state index is 12.6. The Morgan fingerprint density at radius 1 is 1.09 bits per heavy atom. The minimum atomic E-state index is -1.02. The van der Waals surface area contributed by atoms with Gasteiger partial charge in [0.15, 0.2) is 0 Å². The molecule has 9 heteroatoms. The van der Waals surface area contributed by atoms with Gasteiger partial charge in [0.25, 0.3) is 5.91 Å². The maximum Gasteiger partial charge on any atom is 0.412 e. The van der Waals surface area contributed by atoms with Crippen LogP contribution in [0.25, 0.3) is 11.1 Å². The van der Waals surface area contributed by atoms with Crippen molar-refractivity contribution in [2.45, 2.75) is 25.3 Å². The molecule has 0 saturated carbocycles. The van der Waals surface area contributed by atoms with E-state index in [1.165, 1.54) is 10.9 Å². The predicted octanol–water partition coefficient (Wildman–Crippen LogP) is 3.37. The second-order valence-electron chi connectivity index (χ2n) is 7.95. The number of carbonyl (C=O) groups is 3. The second-order valence-corrected chi connectivity index (χ2v) is 7.95. The van der Waals surface area contributed by atoms with Gasteiger partial charge in [-0.1, -0.05) is 48.5 Å². The Kier molecular flexibility index (Phi) is 6.12. The minimum absolute atomic E-state index is 0.0886. The van der Waals surface area contributed by atoms with Gasteiger partial charge in [0, 0.05) is 19.0 Å². The van der Waals surface area contributed by atoms with E-state index in [1.54, 1.807) is 14.0 Å². The monoisotopic (exact) mass is 448 g/mol. The van der Waals surface area contributed by atoms with Crippen LogP contribution >= 0.6 is 0 Å². The van der Waals surface area contributed by atoms with E-state index in [2.05, 4.69) is 27.9 Å². The molecular formula is C24H24N4O5. The van der Waals surface area contributed by atoms with Crippen LogP contribution in [0.15, 0.2) is 54.7 Å². The third-order valence-corrected chi connectivity index (χ3v) is 5.61. The van der Waals surface area contributed by atoms with Crippen LogP contribution in [-0.4, -0.2) is 45.5 Å². The summed E-state index contributed by atoms with van der Waals surface area (Å²) in [7, 11) is 1.58. The Balaban J connectivity index is 1.44. The van der Waals surface area contributed by atoms with Gasteiger partial charge < -0.3 is 15.2 Å². The summed E-state index contributed by atoms with van der Waals surface area (Å²) in [4.78, 5) is 36.0. The first-order valence-corrected chi connectivity index (χ1v) is 10.5. The van der Waals surface area contributed by atoms with E-state index in [4.69, 9.17) is 9.84 Å². The molecule has 1 aromatic heterocycles. The Labute approximate surface area is 190 Å². The summed E-state index contributed by atoms with van der Waals surface area (Å²) in [6.07, 6.45) is 0.372. The molecule has 170 valence electrons. The highest BCUT2D eigenvalue weighted by Gasteiger charge is 2.29. The number of anilines is 1. The third-order valence-electron chi connectivity index (χ3n) is 5.61. The van der Waals surface area contributed by atoms with Gasteiger partial charge in [-0.3, -0.25) is 19.6 Å². The van der Waals surface area contributed by atoms with Crippen molar-refractivity contribution in [3.05, 3.63) is 71.4 Å². The fourth-order valence-electron chi connectivity index (χ4n) is 4.10. The third kappa shape index (κ3) is 4.57. The smallest absolute Gasteiger partial charge is 0.412 e. The number of hydrogen-bond acceptors (Lipinski definition) is 5. The van der Waals surface area contributed by atoms with Gasteiger partial charge >= 0.3 is 12.1 Å². The molecule has 0 fully saturated rings. The summed E-state index contributed by atoms with van der Waals surface area (Å²) in [5.74, 6) is -1.49. The number of aliphatic carboxylic acids is 1. The summed E-state index contributed by atoms with van der Waals surface area (Å²) in [6.45, 7) is 1.72. The highest BCUT2D eigenvalue weighted by molar-refractivity contribution is 6.01. The number of benzene rings is 2. The quantitative estimate of drug-likeness (QED) is 0.509. The molecule has 1 heterocycles. The minimum Gasteiger partial charge on any atom is -0.481 e. The van der Waals surface area contributed by atoms with Crippen LogP contribution in [0.3, 0.4) is 0 Å². The number of ether oxygens (including phenoxy) is 1. The lowest BCUT2D eigenvalue weighted by molar-refractivity contribution is -0.137. The van der Waals surface area contributed by atoms with Crippen LogP contribution in [0.2, 0.25) is 0 Å². The van der Waals surface area contributed by atoms with E-state index in [0.717, 1.165) is 22.3 Å². The van der Waals surface area contributed by atoms with Crippen LogP contribution in [0.1, 0.15) is 40.7 Å². The molecule has 33 heavy (non-hydrogen) atoms. The number of carboxylic acid groups (broad SMARTS) is 1. The molecule has 0 radical (unpaired) electrons. The number of aromatic nitrogens is 2. The zero-order valence-corrected chi connectivity index (χ0v) is 18.2. The number of aryl methyl sites for hydroxylation is 1. The molecule has 2 amide bonds. The average Bonchev–Trinajstić information content (AvgIpc) is 3.29. The van der Waals surface area contributed by atoms with Crippen molar-refractivity contribution in [3.63, 3.8) is 0 Å². The predicted molar refractivity (Wildman–Crippen MR) is 121 cm³/mol. The molecule has 0 saturated heterocycles. The van der Waals surface area contributed by atoms with Crippen molar-refractivity contribution >= 4 is 23.8 Å². The van der Waals surface area contributed by atoms with Crippen molar-refractivity contribution in [2.24, 2.45) is 7.05 Å². The van der Waals surface area contributed by atoms with E-state index < -0.39 is 24.0 Å². The van der Waals surface area contributed by atoms with Gasteiger partial charge in [-0.2, -0.15) is 5.10 Å². The summed E-state index contributed by atoms with van der Waals surface area (Å²) < 4.78 is 6.88. The Morgan fingerprint density at radius 2 is 1.70 bits per heavy atom. The van der Waals surface area contributed by atoms with Gasteiger partial charge in [-0.15, -0.1) is 0 Å². The first kappa shape index (κ1) is 22.1. The van der Waals surface area contributed by atoms with Crippen molar-refractivity contribution in [3.8, 4) is 11.1 Å². The topological polar surface area (TPSA) is 123 Å². The number of rotatable bonds is 7. The number of fused-ring (bicyclic) bond motifs is 3. The average molecular weight is 448 g/mol. The summed E-state index contributed by atoms with van der Waals surface area (Å²) >= 11 is 0. The highest BCUT2D eigenvalue weighted by Crippen LogP contribution is 2.44. The largest absolute Gasteiger partial charge is 0.481 e. The number of nitrogens with zero attached hydrogens (tertiary/aromatic N) is 2. The molecule has 1 aliphatic rings. The number of carboxylic acids is 1. The van der Waals surface area contributed by atoms with Gasteiger partial charge in [-0.05, 0) is 29.2 Å². The normalized spacial score (nSPS) is 13.0. The summed E-state index contributed by atoms with van der Waals surface area (Å²) in [5, 5.41) is 18.1. The van der Waals surface area contributed by atoms with Crippen LogP contribution in [0.4, 0.5) is 10.6 Å². The lowest BCUT2D eigenvalue weighted by Crippen LogP contribution is -2.34. The fraction of sp³-hybridized carbons (Fsp3) is 0.250. The van der Waals surface area contributed by atoms with Crippen molar-refractivity contribution in [1.82, 2.24) is 15.1 Å². The number of hydrogen-bond donors (Lipinski definition) is 3. The standard InChI is InChI=1S/C24H24N4O5/c1-14(11-21(29)30)26-23(31)19-12-25-28(2)22(19)27-24(32)33-13-20-17-9-5-3-7-15(17)16-8-4-6-10-18(16)20/h3-10,12,14,20H,11,13H2,1-2H3,(H,26,31)(H,27,32)(H,29,30). The van der Waals surface area contributed by atoms with Gasteiger partial charge in [0.1, 0.15) is 18.0 Å². The molecular weight excluding hydrogens is 424 g/mol. The number of nitrogens with one attached hydrogen (secondary N) is 2. The summed E-state index contributed by atoms with van der Waals surface area (Å²) in [5.41, 5.74) is 4.56. The first-order chi connectivity index (χ1) is 15.8. The SMILES string of the molecule is CC(CC(=O)O)NC(=O)c1cnn(C)c1NC(=O)OCC1c2ccccc2-c2ccccc21. The van der Waals surface area contributed by atoms with Crippen molar-refractivity contribution in [1.29, 1.82) is 0 Å². The molecule has 1 aliphatic carbocycles. The van der Waals surface area contributed by atoms with E-state index in [0.29, 0.717) is 0 Å². The van der Waals surface area contributed by atoms with Crippen LogP contribution in [0, 0.1) is 0 Å². The van der Waals surface area contributed by atoms with Gasteiger partial charge in [-0.25, -0.2) is 4.79 Å². The molecule has 3 aromatic rings. The molecule has 1 atom stereocenters. The molecule has 0 spiro atoms. The van der Waals surface area contributed by atoms with Crippen LogP contribution in [-0.2, 0) is 16.6 Å². The van der Waals surface area contributed by atoms with Crippen LogP contribution < -0.4 is 10.6 Å². The summed E-state index contributed by atoms with van der Waals surface area (Å²) in [6, 6.07) is 15.5. The molecule has 2 aromatic carbocycles. The fourth-order valence-corrected chi connectivity index (χ4v) is 4.10.